The number of halogens is 2. The van der Waals surface area contributed by atoms with E-state index < -0.39 is 18.9 Å². The topological polar surface area (TPSA) is 44.1 Å². The van der Waals surface area contributed by atoms with E-state index >= 15 is 0 Å². The van der Waals surface area contributed by atoms with E-state index in [1.54, 1.807) is 6.92 Å². The van der Waals surface area contributed by atoms with E-state index in [1.807, 2.05) is 0 Å². The van der Waals surface area contributed by atoms with Crippen molar-refractivity contribution in [2.45, 2.75) is 19.9 Å². The Balaban J connectivity index is 2.87. The lowest BCUT2D eigenvalue weighted by atomic mass is 10.3. The summed E-state index contributed by atoms with van der Waals surface area (Å²) in [4.78, 5) is 11.0. The van der Waals surface area contributed by atoms with Gasteiger partial charge in [0.1, 0.15) is 6.54 Å². The maximum Gasteiger partial charge on any atom is 0.358 e. The van der Waals surface area contributed by atoms with Gasteiger partial charge in [0.05, 0.1) is 7.11 Å². The molecule has 0 atom stereocenters. The zero-order valence-corrected chi connectivity index (χ0v) is 7.83. The molecular formula is C8H10F2N2O2. The van der Waals surface area contributed by atoms with Crippen LogP contribution in [0.5, 0.6) is 0 Å². The molecule has 0 bridgehead atoms. The Bertz CT molecular complexity index is 336. The number of aromatic nitrogens is 2. The van der Waals surface area contributed by atoms with Crippen molar-refractivity contribution in [3.63, 3.8) is 0 Å². The van der Waals surface area contributed by atoms with Gasteiger partial charge in [-0.25, -0.2) is 13.6 Å². The number of esters is 1. The number of hydrogen-bond donors (Lipinski definition) is 0. The molecule has 0 amide bonds. The third-order valence-corrected chi connectivity index (χ3v) is 1.65. The molecule has 1 heterocycles. The van der Waals surface area contributed by atoms with E-state index in [-0.39, 0.29) is 5.69 Å². The molecule has 1 aromatic heterocycles. The first kappa shape index (κ1) is 10.6. The molecule has 0 saturated heterocycles. The summed E-state index contributed by atoms with van der Waals surface area (Å²) in [7, 11) is 1.22. The molecule has 1 aromatic rings. The van der Waals surface area contributed by atoms with Crippen molar-refractivity contribution in [2.75, 3.05) is 7.11 Å². The van der Waals surface area contributed by atoms with Gasteiger partial charge in [0.25, 0.3) is 6.43 Å². The molecule has 14 heavy (non-hydrogen) atoms. The fraction of sp³-hybridized carbons (Fsp3) is 0.500. The highest BCUT2D eigenvalue weighted by Crippen LogP contribution is 2.08. The summed E-state index contributed by atoms with van der Waals surface area (Å²) < 4.78 is 29.4. The van der Waals surface area contributed by atoms with Crippen LogP contribution in [0.4, 0.5) is 8.78 Å². The summed E-state index contributed by atoms with van der Waals surface area (Å²) in [5, 5.41) is 3.68. The lowest BCUT2D eigenvalue weighted by Crippen LogP contribution is -2.09. The van der Waals surface area contributed by atoms with Crippen molar-refractivity contribution in [1.29, 1.82) is 0 Å². The maximum atomic E-state index is 12.0. The predicted octanol–water partition coefficient (Wildman–Crippen LogP) is 1.24. The Morgan fingerprint density at radius 3 is 2.86 bits per heavy atom. The van der Waals surface area contributed by atoms with Crippen LogP contribution in [0.2, 0.25) is 0 Å². The lowest BCUT2D eigenvalue weighted by molar-refractivity contribution is 0.0589. The third-order valence-electron chi connectivity index (χ3n) is 1.65. The van der Waals surface area contributed by atoms with E-state index in [0.29, 0.717) is 5.56 Å². The number of nitrogens with zero attached hydrogens (tertiary/aromatic N) is 2. The number of rotatable bonds is 3. The van der Waals surface area contributed by atoms with Crippen LogP contribution in [0.25, 0.3) is 0 Å². The van der Waals surface area contributed by atoms with Gasteiger partial charge in [-0.2, -0.15) is 5.10 Å². The van der Waals surface area contributed by atoms with E-state index in [1.165, 1.54) is 13.3 Å². The number of carbonyl (C=O) groups excluding carboxylic acids is 1. The Labute approximate surface area is 79.5 Å². The van der Waals surface area contributed by atoms with Crippen LogP contribution in [0, 0.1) is 6.92 Å². The van der Waals surface area contributed by atoms with Crippen molar-refractivity contribution in [3.05, 3.63) is 17.5 Å². The quantitative estimate of drug-likeness (QED) is 0.696. The number of methoxy groups -OCH3 is 1. The van der Waals surface area contributed by atoms with Gasteiger partial charge in [0.2, 0.25) is 0 Å². The lowest BCUT2D eigenvalue weighted by Gasteiger charge is -1.98. The summed E-state index contributed by atoms with van der Waals surface area (Å²) in [5.41, 5.74) is 0.602. The van der Waals surface area contributed by atoms with Crippen LogP contribution in [0.1, 0.15) is 16.1 Å². The summed E-state index contributed by atoms with van der Waals surface area (Å²) >= 11 is 0. The van der Waals surface area contributed by atoms with Crippen LogP contribution in [-0.4, -0.2) is 29.3 Å². The Kier molecular flexibility index (Phi) is 3.16. The third kappa shape index (κ3) is 2.27. The number of aryl methyl sites for hydroxylation is 1. The molecule has 0 fully saturated rings. The number of carbonyl (C=O) groups is 1. The maximum absolute atomic E-state index is 12.0. The summed E-state index contributed by atoms with van der Waals surface area (Å²) in [6.45, 7) is 1.10. The number of alkyl halides is 2. The van der Waals surface area contributed by atoms with Gasteiger partial charge in [0, 0.05) is 11.8 Å². The van der Waals surface area contributed by atoms with Gasteiger partial charge in [-0.1, -0.05) is 0 Å². The highest BCUT2D eigenvalue weighted by atomic mass is 19.3. The van der Waals surface area contributed by atoms with Crippen LogP contribution < -0.4 is 0 Å². The highest BCUT2D eigenvalue weighted by Gasteiger charge is 2.15. The Morgan fingerprint density at radius 2 is 2.36 bits per heavy atom. The molecule has 0 aromatic carbocycles. The van der Waals surface area contributed by atoms with Crippen molar-refractivity contribution in [3.8, 4) is 0 Å². The predicted molar refractivity (Wildman–Crippen MR) is 44.3 cm³/mol. The standard InChI is InChI=1S/C8H10F2N2O2/c1-5-3-12(4-6(9)10)11-7(5)8(13)14-2/h3,6H,4H2,1-2H3. The molecule has 0 aliphatic rings. The van der Waals surface area contributed by atoms with Crippen molar-refractivity contribution < 1.29 is 18.3 Å². The van der Waals surface area contributed by atoms with Crippen molar-refractivity contribution >= 4 is 5.97 Å². The monoisotopic (exact) mass is 204 g/mol. The van der Waals surface area contributed by atoms with Crippen LogP contribution in [0.15, 0.2) is 6.20 Å². The summed E-state index contributed by atoms with van der Waals surface area (Å²) in [6, 6.07) is 0. The van der Waals surface area contributed by atoms with Crippen LogP contribution >= 0.6 is 0 Å². The fourth-order valence-electron chi connectivity index (χ4n) is 1.05. The molecule has 0 spiro atoms. The SMILES string of the molecule is COC(=O)c1nn(CC(F)F)cc1C. The van der Waals surface area contributed by atoms with E-state index in [9.17, 15) is 13.6 Å². The molecule has 6 heteroatoms. The molecule has 4 nitrogen and oxygen atoms in total. The Hall–Kier alpha value is -1.46. The van der Waals surface area contributed by atoms with E-state index in [0.717, 1.165) is 4.68 Å². The normalized spacial score (nSPS) is 10.6. The van der Waals surface area contributed by atoms with E-state index in [2.05, 4.69) is 9.84 Å². The molecule has 0 aliphatic carbocycles. The van der Waals surface area contributed by atoms with Crippen molar-refractivity contribution in [2.24, 2.45) is 0 Å². The average Bonchev–Trinajstić information content (AvgIpc) is 2.44. The highest BCUT2D eigenvalue weighted by molar-refractivity contribution is 5.88. The zero-order chi connectivity index (χ0) is 10.7. The second kappa shape index (κ2) is 4.17. The molecule has 0 radical (unpaired) electrons. The van der Waals surface area contributed by atoms with Gasteiger partial charge >= 0.3 is 5.97 Å². The fourth-order valence-corrected chi connectivity index (χ4v) is 1.05. The van der Waals surface area contributed by atoms with Gasteiger partial charge < -0.3 is 4.74 Å². The first-order chi connectivity index (χ1) is 6.54. The van der Waals surface area contributed by atoms with Gasteiger partial charge in [-0.05, 0) is 6.92 Å². The second-order valence-corrected chi connectivity index (χ2v) is 2.77. The van der Waals surface area contributed by atoms with Crippen LogP contribution in [-0.2, 0) is 11.3 Å². The minimum absolute atomic E-state index is 0.0770. The Morgan fingerprint density at radius 1 is 1.71 bits per heavy atom. The molecule has 78 valence electrons. The smallest absolute Gasteiger partial charge is 0.358 e. The first-order valence-electron chi connectivity index (χ1n) is 3.95. The van der Waals surface area contributed by atoms with Crippen molar-refractivity contribution in [1.82, 2.24) is 9.78 Å². The largest absolute Gasteiger partial charge is 0.464 e. The molecule has 0 aliphatic heterocycles. The summed E-state index contributed by atoms with van der Waals surface area (Å²) in [6.07, 6.45) is -1.10. The van der Waals surface area contributed by atoms with E-state index in [4.69, 9.17) is 0 Å². The van der Waals surface area contributed by atoms with Gasteiger partial charge in [-0.15, -0.1) is 0 Å². The van der Waals surface area contributed by atoms with Gasteiger partial charge in [0.15, 0.2) is 5.69 Å². The summed E-state index contributed by atoms with van der Waals surface area (Å²) in [5.74, 6) is -0.615. The zero-order valence-electron chi connectivity index (χ0n) is 7.83. The minimum Gasteiger partial charge on any atom is -0.464 e. The number of hydrogen-bond acceptors (Lipinski definition) is 3. The average molecular weight is 204 g/mol. The van der Waals surface area contributed by atoms with Crippen LogP contribution in [0.3, 0.4) is 0 Å². The molecule has 0 unspecified atom stereocenters. The second-order valence-electron chi connectivity index (χ2n) is 2.77. The number of ether oxygens (including phenoxy) is 1. The molecular weight excluding hydrogens is 194 g/mol. The first-order valence-corrected chi connectivity index (χ1v) is 3.95. The minimum atomic E-state index is -2.49. The van der Waals surface area contributed by atoms with Gasteiger partial charge in [-0.3, -0.25) is 4.68 Å². The molecule has 0 N–H and O–H groups in total. The molecule has 0 saturated carbocycles. The molecule has 1 rings (SSSR count).